The number of carbonyl (C=O) groups is 1. The van der Waals surface area contributed by atoms with Crippen molar-refractivity contribution in [3.63, 3.8) is 0 Å². The van der Waals surface area contributed by atoms with Crippen LogP contribution in [0.2, 0.25) is 0 Å². The summed E-state index contributed by atoms with van der Waals surface area (Å²) in [6.07, 6.45) is 0. The van der Waals surface area contributed by atoms with Gasteiger partial charge in [0.05, 0.1) is 5.69 Å². The maximum atomic E-state index is 11.4. The number of hydrogen-bond donors (Lipinski definition) is 2. The zero-order valence-corrected chi connectivity index (χ0v) is 14.0. The number of aryl methyl sites for hydroxylation is 2. The van der Waals surface area contributed by atoms with Gasteiger partial charge in [-0.25, -0.2) is 9.78 Å². The van der Waals surface area contributed by atoms with Crippen LogP contribution in [0.25, 0.3) is 0 Å². The molecule has 6 heteroatoms. The van der Waals surface area contributed by atoms with Crippen LogP contribution in [0.15, 0.2) is 33.2 Å². The van der Waals surface area contributed by atoms with Crippen LogP contribution >= 0.6 is 31.9 Å². The van der Waals surface area contributed by atoms with E-state index in [1.54, 1.807) is 13.0 Å². The third-order valence-electron chi connectivity index (χ3n) is 2.74. The van der Waals surface area contributed by atoms with E-state index in [2.05, 4.69) is 42.2 Å². The Labute approximate surface area is 133 Å². The number of pyridine rings is 1. The van der Waals surface area contributed by atoms with Crippen LogP contribution in [-0.2, 0) is 0 Å². The highest BCUT2D eigenvalue weighted by molar-refractivity contribution is 9.11. The molecule has 0 saturated carbocycles. The van der Waals surface area contributed by atoms with Crippen molar-refractivity contribution in [2.24, 2.45) is 0 Å². The number of anilines is 2. The van der Waals surface area contributed by atoms with Crippen molar-refractivity contribution < 1.29 is 9.90 Å². The molecule has 0 spiro atoms. The van der Waals surface area contributed by atoms with E-state index >= 15 is 0 Å². The Balaban J connectivity index is 2.50. The van der Waals surface area contributed by atoms with E-state index < -0.39 is 5.97 Å². The summed E-state index contributed by atoms with van der Waals surface area (Å²) in [5, 5.41) is 12.4. The molecule has 0 aliphatic rings. The summed E-state index contributed by atoms with van der Waals surface area (Å²) in [5.41, 5.74) is 2.39. The fourth-order valence-electron chi connectivity index (χ4n) is 1.92. The van der Waals surface area contributed by atoms with Gasteiger partial charge in [-0.3, -0.25) is 0 Å². The van der Waals surface area contributed by atoms with Crippen LogP contribution in [-0.4, -0.2) is 16.1 Å². The van der Waals surface area contributed by atoms with Gasteiger partial charge in [0.25, 0.3) is 0 Å². The van der Waals surface area contributed by atoms with E-state index in [0.29, 0.717) is 11.4 Å². The Hall–Kier alpha value is -1.40. The van der Waals surface area contributed by atoms with Crippen LogP contribution in [0.5, 0.6) is 0 Å². The van der Waals surface area contributed by atoms with Gasteiger partial charge in [-0.05, 0) is 59.6 Å². The molecule has 0 amide bonds. The van der Waals surface area contributed by atoms with Gasteiger partial charge in [-0.2, -0.15) is 0 Å². The molecule has 0 aliphatic carbocycles. The molecule has 1 aromatic heterocycles. The molecule has 0 fully saturated rings. The molecule has 0 unspecified atom stereocenters. The first-order valence-electron chi connectivity index (χ1n) is 5.82. The first-order valence-corrected chi connectivity index (χ1v) is 7.40. The number of nitrogens with one attached hydrogen (secondary N) is 1. The number of hydrogen-bond acceptors (Lipinski definition) is 3. The summed E-state index contributed by atoms with van der Waals surface area (Å²) in [5.74, 6) is -0.649. The van der Waals surface area contributed by atoms with Crippen molar-refractivity contribution >= 4 is 49.3 Å². The third kappa shape index (κ3) is 3.19. The Morgan fingerprint density at radius 3 is 2.55 bits per heavy atom. The molecule has 2 N–H and O–H groups in total. The largest absolute Gasteiger partial charge is 0.478 e. The van der Waals surface area contributed by atoms with Gasteiger partial charge in [0.1, 0.15) is 11.4 Å². The summed E-state index contributed by atoms with van der Waals surface area (Å²) in [4.78, 5) is 15.7. The molecule has 2 aromatic rings. The Kier molecular flexibility index (Phi) is 4.45. The lowest BCUT2D eigenvalue weighted by Gasteiger charge is -2.13. The topological polar surface area (TPSA) is 62.2 Å². The molecule has 0 radical (unpaired) electrons. The monoisotopic (exact) mass is 398 g/mol. The molecule has 1 heterocycles. The highest BCUT2D eigenvalue weighted by Crippen LogP contribution is 2.30. The average Bonchev–Trinajstić information content (AvgIpc) is 2.31. The smallest absolute Gasteiger partial charge is 0.339 e. The molecule has 0 bridgehead atoms. The molecule has 1 aromatic carbocycles. The normalized spacial score (nSPS) is 10.4. The van der Waals surface area contributed by atoms with Gasteiger partial charge < -0.3 is 10.4 Å². The highest BCUT2D eigenvalue weighted by Gasteiger charge is 2.16. The van der Waals surface area contributed by atoms with Crippen molar-refractivity contribution in [1.29, 1.82) is 0 Å². The maximum Gasteiger partial charge on any atom is 0.339 e. The van der Waals surface area contributed by atoms with Crippen LogP contribution in [0.1, 0.15) is 21.6 Å². The predicted octanol–water partition coefficient (Wildman–Crippen LogP) is 4.67. The number of rotatable bonds is 3. The van der Waals surface area contributed by atoms with Crippen LogP contribution in [0.4, 0.5) is 11.5 Å². The standard InChI is InChI=1S/C14H12Br2N2O2/c1-7-5-8(2)17-13(12(7)14(19)20)18-11-4-3-9(15)6-10(11)16/h3-6H,1-2H3,(H,17,18)(H,19,20). The van der Waals surface area contributed by atoms with E-state index in [-0.39, 0.29) is 5.56 Å². The summed E-state index contributed by atoms with van der Waals surface area (Å²) in [6, 6.07) is 7.35. The zero-order chi connectivity index (χ0) is 14.9. The van der Waals surface area contributed by atoms with Gasteiger partial charge >= 0.3 is 5.97 Å². The highest BCUT2D eigenvalue weighted by atomic mass is 79.9. The lowest BCUT2D eigenvalue weighted by Crippen LogP contribution is -2.08. The minimum absolute atomic E-state index is 0.186. The lowest BCUT2D eigenvalue weighted by molar-refractivity contribution is 0.0697. The Morgan fingerprint density at radius 2 is 1.95 bits per heavy atom. The van der Waals surface area contributed by atoms with E-state index in [9.17, 15) is 9.90 Å². The van der Waals surface area contributed by atoms with Crippen molar-refractivity contribution in [1.82, 2.24) is 4.98 Å². The summed E-state index contributed by atoms with van der Waals surface area (Å²) >= 11 is 6.81. The van der Waals surface area contributed by atoms with E-state index in [4.69, 9.17) is 0 Å². The summed E-state index contributed by atoms with van der Waals surface area (Å²) in [6.45, 7) is 3.60. The molecular weight excluding hydrogens is 388 g/mol. The van der Waals surface area contributed by atoms with E-state index in [1.807, 2.05) is 25.1 Å². The molecule has 104 valence electrons. The van der Waals surface area contributed by atoms with E-state index in [0.717, 1.165) is 20.3 Å². The average molecular weight is 400 g/mol. The van der Waals surface area contributed by atoms with E-state index in [1.165, 1.54) is 0 Å². The first kappa shape index (κ1) is 15.0. The number of carboxylic acids is 1. The molecule has 0 atom stereocenters. The summed E-state index contributed by atoms with van der Waals surface area (Å²) < 4.78 is 1.76. The second kappa shape index (κ2) is 5.93. The molecule has 0 aliphatic heterocycles. The van der Waals surface area contributed by atoms with Crippen LogP contribution in [0, 0.1) is 13.8 Å². The fraction of sp³-hybridized carbons (Fsp3) is 0.143. The minimum Gasteiger partial charge on any atom is -0.478 e. The Bertz CT molecular complexity index is 687. The minimum atomic E-state index is -0.995. The van der Waals surface area contributed by atoms with Crippen molar-refractivity contribution in [2.75, 3.05) is 5.32 Å². The van der Waals surface area contributed by atoms with Crippen molar-refractivity contribution in [3.05, 3.63) is 50.0 Å². The zero-order valence-electron chi connectivity index (χ0n) is 10.9. The third-order valence-corrected chi connectivity index (χ3v) is 3.89. The quantitative estimate of drug-likeness (QED) is 0.787. The second-order valence-corrected chi connectivity index (χ2v) is 6.13. The number of halogens is 2. The van der Waals surface area contributed by atoms with Gasteiger partial charge in [-0.1, -0.05) is 15.9 Å². The number of nitrogens with zero attached hydrogens (tertiary/aromatic N) is 1. The van der Waals surface area contributed by atoms with Crippen molar-refractivity contribution in [3.8, 4) is 0 Å². The number of benzene rings is 1. The maximum absolute atomic E-state index is 11.4. The Morgan fingerprint density at radius 1 is 1.25 bits per heavy atom. The molecule has 20 heavy (non-hydrogen) atoms. The molecular formula is C14H12Br2N2O2. The van der Waals surface area contributed by atoms with Crippen LogP contribution < -0.4 is 5.32 Å². The van der Waals surface area contributed by atoms with Gasteiger partial charge in [0.15, 0.2) is 0 Å². The van der Waals surface area contributed by atoms with Gasteiger partial charge in [-0.15, -0.1) is 0 Å². The first-order chi connectivity index (χ1) is 9.38. The van der Waals surface area contributed by atoms with Crippen LogP contribution in [0.3, 0.4) is 0 Å². The van der Waals surface area contributed by atoms with Gasteiger partial charge in [0.2, 0.25) is 0 Å². The number of aromatic nitrogens is 1. The lowest BCUT2D eigenvalue weighted by atomic mass is 10.1. The number of aromatic carboxylic acids is 1. The number of carboxylic acid groups (broad SMARTS) is 1. The SMILES string of the molecule is Cc1cc(C)c(C(=O)O)c(Nc2ccc(Br)cc2Br)n1. The van der Waals surface area contributed by atoms with Crippen molar-refractivity contribution in [2.45, 2.75) is 13.8 Å². The molecule has 2 rings (SSSR count). The predicted molar refractivity (Wildman–Crippen MR) is 85.8 cm³/mol. The van der Waals surface area contributed by atoms with Gasteiger partial charge in [0, 0.05) is 14.6 Å². The second-order valence-electron chi connectivity index (χ2n) is 4.36. The molecule has 4 nitrogen and oxygen atoms in total. The summed E-state index contributed by atoms with van der Waals surface area (Å²) in [7, 11) is 0. The molecule has 0 saturated heterocycles. The fourth-order valence-corrected chi connectivity index (χ4v) is 3.06.